The van der Waals surface area contributed by atoms with Crippen molar-refractivity contribution in [2.75, 3.05) is 5.32 Å². The Balaban J connectivity index is 1.90. The highest BCUT2D eigenvalue weighted by Gasteiger charge is 2.12. The number of benzene rings is 2. The number of nitrogens with one attached hydrogen (secondary N) is 1. The first-order chi connectivity index (χ1) is 12.0. The van der Waals surface area contributed by atoms with Crippen LogP contribution >= 0.6 is 0 Å². The van der Waals surface area contributed by atoms with Crippen molar-refractivity contribution in [3.8, 4) is 11.6 Å². The Kier molecular flexibility index (Phi) is 4.61. The summed E-state index contributed by atoms with van der Waals surface area (Å²) < 4.78 is 5.80. The number of para-hydroxylation sites is 1. The fourth-order valence-corrected chi connectivity index (χ4v) is 2.21. The molecule has 6 nitrogen and oxygen atoms in total. The van der Waals surface area contributed by atoms with Gasteiger partial charge >= 0.3 is 5.97 Å². The largest absolute Gasteiger partial charge is 0.478 e. The van der Waals surface area contributed by atoms with Gasteiger partial charge in [0.05, 0.1) is 5.56 Å². The molecule has 0 unspecified atom stereocenters. The fraction of sp³-hybridized carbons (Fsp3) is 0.105. The van der Waals surface area contributed by atoms with Crippen molar-refractivity contribution in [3.05, 3.63) is 71.4 Å². The van der Waals surface area contributed by atoms with Crippen molar-refractivity contribution >= 4 is 17.6 Å². The molecule has 0 spiro atoms. The van der Waals surface area contributed by atoms with E-state index in [1.165, 1.54) is 12.1 Å². The van der Waals surface area contributed by atoms with Crippen LogP contribution in [0.1, 0.15) is 21.6 Å². The Morgan fingerprint density at radius 2 is 1.80 bits per heavy atom. The third-order valence-electron chi connectivity index (χ3n) is 3.67. The van der Waals surface area contributed by atoms with Crippen molar-refractivity contribution < 1.29 is 14.6 Å². The number of aromatic nitrogens is 2. The molecule has 0 saturated heterocycles. The van der Waals surface area contributed by atoms with E-state index >= 15 is 0 Å². The van der Waals surface area contributed by atoms with Gasteiger partial charge in [0, 0.05) is 16.9 Å². The topological polar surface area (TPSA) is 84.3 Å². The summed E-state index contributed by atoms with van der Waals surface area (Å²) in [5, 5.41) is 12.2. The van der Waals surface area contributed by atoms with Crippen molar-refractivity contribution in [3.63, 3.8) is 0 Å². The molecular formula is C19H17N3O3. The maximum absolute atomic E-state index is 11.1. The lowest BCUT2D eigenvalue weighted by Crippen LogP contribution is -2.03. The molecular weight excluding hydrogens is 318 g/mol. The van der Waals surface area contributed by atoms with Gasteiger partial charge in [0.2, 0.25) is 11.8 Å². The highest BCUT2D eigenvalue weighted by Crippen LogP contribution is 2.27. The number of aryl methyl sites for hydroxylation is 1. The van der Waals surface area contributed by atoms with Crippen LogP contribution in [0.2, 0.25) is 0 Å². The maximum atomic E-state index is 11.1. The standard InChI is InChI=1S/C19H17N3O3/c1-12-13(2)20-19(21-15-8-4-3-5-9-15)22-17(12)25-16-10-6-7-14(11-16)18(23)24/h3-11H,1-2H3,(H,23,24)(H,20,21,22). The van der Waals surface area contributed by atoms with Gasteiger partial charge in [0.1, 0.15) is 5.75 Å². The van der Waals surface area contributed by atoms with E-state index in [4.69, 9.17) is 9.84 Å². The first kappa shape index (κ1) is 16.4. The Morgan fingerprint density at radius 1 is 1.04 bits per heavy atom. The van der Waals surface area contributed by atoms with Crippen molar-refractivity contribution in [1.82, 2.24) is 9.97 Å². The van der Waals surface area contributed by atoms with E-state index in [2.05, 4.69) is 15.3 Å². The molecule has 0 atom stereocenters. The minimum Gasteiger partial charge on any atom is -0.478 e. The number of rotatable bonds is 5. The van der Waals surface area contributed by atoms with E-state index in [0.29, 0.717) is 17.6 Å². The number of hydrogen-bond acceptors (Lipinski definition) is 5. The van der Waals surface area contributed by atoms with Gasteiger partial charge in [-0.05, 0) is 44.2 Å². The minimum absolute atomic E-state index is 0.156. The normalized spacial score (nSPS) is 10.3. The number of carbonyl (C=O) groups is 1. The van der Waals surface area contributed by atoms with Gasteiger partial charge in [-0.2, -0.15) is 4.98 Å². The van der Waals surface area contributed by atoms with Crippen molar-refractivity contribution in [2.24, 2.45) is 0 Å². The van der Waals surface area contributed by atoms with Crippen molar-refractivity contribution in [1.29, 1.82) is 0 Å². The first-order valence-corrected chi connectivity index (χ1v) is 7.71. The zero-order valence-corrected chi connectivity index (χ0v) is 13.9. The van der Waals surface area contributed by atoms with Crippen LogP contribution in [0.3, 0.4) is 0 Å². The second-order valence-corrected chi connectivity index (χ2v) is 5.49. The third-order valence-corrected chi connectivity index (χ3v) is 3.67. The van der Waals surface area contributed by atoms with Crippen molar-refractivity contribution in [2.45, 2.75) is 13.8 Å². The number of hydrogen-bond donors (Lipinski definition) is 2. The maximum Gasteiger partial charge on any atom is 0.335 e. The number of ether oxygens (including phenoxy) is 1. The van der Waals surface area contributed by atoms with Gasteiger partial charge in [-0.25, -0.2) is 9.78 Å². The van der Waals surface area contributed by atoms with Crippen LogP contribution in [0.25, 0.3) is 0 Å². The molecule has 0 amide bonds. The predicted molar refractivity (Wildman–Crippen MR) is 94.7 cm³/mol. The molecule has 1 heterocycles. The molecule has 2 N–H and O–H groups in total. The van der Waals surface area contributed by atoms with Crippen LogP contribution in [0.15, 0.2) is 54.6 Å². The molecule has 3 rings (SSSR count). The average Bonchev–Trinajstić information content (AvgIpc) is 2.60. The summed E-state index contributed by atoms with van der Waals surface area (Å²) in [6, 6.07) is 15.9. The Morgan fingerprint density at radius 3 is 2.52 bits per heavy atom. The van der Waals surface area contributed by atoms with Gasteiger partial charge in [-0.3, -0.25) is 0 Å². The second-order valence-electron chi connectivity index (χ2n) is 5.49. The van der Waals surface area contributed by atoms with Crippen LogP contribution in [0, 0.1) is 13.8 Å². The van der Waals surface area contributed by atoms with Crippen LogP contribution in [0.4, 0.5) is 11.6 Å². The van der Waals surface area contributed by atoms with E-state index in [0.717, 1.165) is 16.9 Å². The molecule has 0 saturated carbocycles. The molecule has 3 aromatic rings. The van der Waals surface area contributed by atoms with Crippen LogP contribution in [0.5, 0.6) is 11.6 Å². The molecule has 0 aliphatic heterocycles. The molecule has 0 aliphatic rings. The Labute approximate surface area is 145 Å². The predicted octanol–water partition coefficient (Wildman–Crippen LogP) is 4.33. The molecule has 25 heavy (non-hydrogen) atoms. The Bertz CT molecular complexity index is 911. The molecule has 0 fully saturated rings. The lowest BCUT2D eigenvalue weighted by molar-refractivity contribution is 0.0696. The number of carboxylic acid groups (broad SMARTS) is 1. The first-order valence-electron chi connectivity index (χ1n) is 7.71. The Hall–Kier alpha value is -3.41. The summed E-state index contributed by atoms with van der Waals surface area (Å²) in [7, 11) is 0. The van der Waals surface area contributed by atoms with Gasteiger partial charge in [0.25, 0.3) is 0 Å². The van der Waals surface area contributed by atoms with E-state index in [1.807, 2.05) is 44.2 Å². The molecule has 2 aromatic carbocycles. The van der Waals surface area contributed by atoms with Gasteiger partial charge in [0.15, 0.2) is 0 Å². The summed E-state index contributed by atoms with van der Waals surface area (Å²) in [4.78, 5) is 19.9. The van der Waals surface area contributed by atoms with Crippen LogP contribution in [-0.2, 0) is 0 Å². The SMILES string of the molecule is Cc1nc(Nc2ccccc2)nc(Oc2cccc(C(=O)O)c2)c1C. The van der Waals surface area contributed by atoms with Gasteiger partial charge < -0.3 is 15.2 Å². The summed E-state index contributed by atoms with van der Waals surface area (Å²) >= 11 is 0. The van der Waals surface area contributed by atoms with Crippen LogP contribution < -0.4 is 10.1 Å². The zero-order valence-electron chi connectivity index (χ0n) is 13.9. The van der Waals surface area contributed by atoms with Gasteiger partial charge in [-0.1, -0.05) is 24.3 Å². The smallest absolute Gasteiger partial charge is 0.335 e. The highest BCUT2D eigenvalue weighted by molar-refractivity contribution is 5.88. The lowest BCUT2D eigenvalue weighted by atomic mass is 10.2. The zero-order chi connectivity index (χ0) is 17.8. The molecule has 0 aliphatic carbocycles. The molecule has 6 heteroatoms. The summed E-state index contributed by atoms with van der Waals surface area (Å²) in [5.41, 5.74) is 2.59. The number of carboxylic acids is 1. The average molecular weight is 335 g/mol. The number of aromatic carboxylic acids is 1. The fourth-order valence-electron chi connectivity index (χ4n) is 2.21. The lowest BCUT2D eigenvalue weighted by Gasteiger charge is -2.12. The quantitative estimate of drug-likeness (QED) is 0.722. The number of nitrogens with zero attached hydrogens (tertiary/aromatic N) is 2. The summed E-state index contributed by atoms with van der Waals surface area (Å²) in [5.74, 6) is 0.200. The van der Waals surface area contributed by atoms with E-state index in [9.17, 15) is 4.79 Å². The highest BCUT2D eigenvalue weighted by atomic mass is 16.5. The molecule has 1 aromatic heterocycles. The molecule has 126 valence electrons. The third kappa shape index (κ3) is 3.92. The molecule has 0 radical (unpaired) electrons. The monoisotopic (exact) mass is 335 g/mol. The van der Waals surface area contributed by atoms with E-state index < -0.39 is 5.97 Å². The summed E-state index contributed by atoms with van der Waals surface area (Å²) in [6.45, 7) is 3.73. The van der Waals surface area contributed by atoms with E-state index in [1.54, 1.807) is 12.1 Å². The molecule has 0 bridgehead atoms. The number of anilines is 2. The second kappa shape index (κ2) is 7.00. The summed E-state index contributed by atoms with van der Waals surface area (Å²) in [6.07, 6.45) is 0. The van der Waals surface area contributed by atoms with E-state index in [-0.39, 0.29) is 5.56 Å². The minimum atomic E-state index is -1.01. The van der Waals surface area contributed by atoms with Crippen LogP contribution in [-0.4, -0.2) is 21.0 Å². The van der Waals surface area contributed by atoms with Gasteiger partial charge in [-0.15, -0.1) is 0 Å².